The van der Waals surface area contributed by atoms with E-state index in [4.69, 9.17) is 16.3 Å². The predicted octanol–water partition coefficient (Wildman–Crippen LogP) is 3.42. The zero-order chi connectivity index (χ0) is 19.5. The van der Waals surface area contributed by atoms with Crippen molar-refractivity contribution in [3.8, 4) is 5.75 Å². The fourth-order valence-electron chi connectivity index (χ4n) is 3.88. The Morgan fingerprint density at radius 1 is 1.18 bits per heavy atom. The second kappa shape index (κ2) is 8.52. The molecule has 2 aliphatic heterocycles. The first kappa shape index (κ1) is 19.2. The number of hydrogen-bond donors (Lipinski definition) is 1. The molecular weight excluding hydrogens is 374 g/mol. The highest BCUT2D eigenvalue weighted by Crippen LogP contribution is 2.26. The van der Waals surface area contributed by atoms with Gasteiger partial charge in [-0.2, -0.15) is 0 Å². The van der Waals surface area contributed by atoms with Crippen molar-refractivity contribution < 1.29 is 9.53 Å². The standard InChI is InChI=1S/C22H26ClN3O2/c1-16(22(27)24-20-4-2-3-19(23)14-20)26-10-8-25(9-11-26)15-17-5-6-21-18(13-17)7-12-28-21/h2-6,13-14,16H,7-12,15H2,1H3,(H,24,27)/t16-/m1/s1. The van der Waals surface area contributed by atoms with Crippen LogP contribution in [0.5, 0.6) is 5.75 Å². The van der Waals surface area contributed by atoms with Crippen molar-refractivity contribution >= 4 is 23.2 Å². The van der Waals surface area contributed by atoms with E-state index in [-0.39, 0.29) is 11.9 Å². The van der Waals surface area contributed by atoms with Gasteiger partial charge in [-0.3, -0.25) is 14.6 Å². The number of ether oxygens (including phenoxy) is 1. The maximum absolute atomic E-state index is 12.6. The molecule has 5 nitrogen and oxygen atoms in total. The zero-order valence-electron chi connectivity index (χ0n) is 16.2. The lowest BCUT2D eigenvalue weighted by molar-refractivity contribution is -0.121. The van der Waals surface area contributed by atoms with Gasteiger partial charge in [-0.1, -0.05) is 29.8 Å². The molecule has 6 heteroatoms. The number of benzene rings is 2. The predicted molar refractivity (Wildman–Crippen MR) is 112 cm³/mol. The zero-order valence-corrected chi connectivity index (χ0v) is 16.9. The summed E-state index contributed by atoms with van der Waals surface area (Å²) in [7, 11) is 0. The van der Waals surface area contributed by atoms with E-state index in [1.165, 1.54) is 11.1 Å². The van der Waals surface area contributed by atoms with Crippen LogP contribution in [0.2, 0.25) is 5.02 Å². The second-order valence-electron chi connectivity index (χ2n) is 7.53. The maximum Gasteiger partial charge on any atom is 0.241 e. The number of halogens is 1. The topological polar surface area (TPSA) is 44.8 Å². The Hall–Kier alpha value is -2.08. The first-order valence-electron chi connectivity index (χ1n) is 9.86. The minimum absolute atomic E-state index is 0.00865. The molecule has 1 amide bonds. The van der Waals surface area contributed by atoms with Crippen molar-refractivity contribution in [3.63, 3.8) is 0 Å². The monoisotopic (exact) mass is 399 g/mol. The highest BCUT2D eigenvalue weighted by molar-refractivity contribution is 6.30. The van der Waals surface area contributed by atoms with Crippen LogP contribution in [0.25, 0.3) is 0 Å². The summed E-state index contributed by atoms with van der Waals surface area (Å²) in [6.45, 7) is 7.41. The molecule has 2 aromatic carbocycles. The molecule has 0 spiro atoms. The number of rotatable bonds is 5. The lowest BCUT2D eigenvalue weighted by Crippen LogP contribution is -2.52. The van der Waals surface area contributed by atoms with Crippen LogP contribution in [0.1, 0.15) is 18.1 Å². The number of nitrogens with zero attached hydrogens (tertiary/aromatic N) is 2. The number of hydrogen-bond acceptors (Lipinski definition) is 4. The third kappa shape index (κ3) is 4.49. The summed E-state index contributed by atoms with van der Waals surface area (Å²) >= 11 is 6.00. The van der Waals surface area contributed by atoms with Crippen LogP contribution in [0.4, 0.5) is 5.69 Å². The summed E-state index contributed by atoms with van der Waals surface area (Å²) in [5.41, 5.74) is 3.40. The first-order valence-corrected chi connectivity index (χ1v) is 10.2. The molecule has 0 aliphatic carbocycles. The van der Waals surface area contributed by atoms with Crippen molar-refractivity contribution in [1.29, 1.82) is 0 Å². The number of amides is 1. The quantitative estimate of drug-likeness (QED) is 0.836. The average Bonchev–Trinajstić information content (AvgIpc) is 3.16. The van der Waals surface area contributed by atoms with Gasteiger partial charge in [0.05, 0.1) is 12.6 Å². The summed E-state index contributed by atoms with van der Waals surface area (Å²) in [6, 6.07) is 13.6. The van der Waals surface area contributed by atoms with Crippen LogP contribution in [-0.2, 0) is 17.8 Å². The van der Waals surface area contributed by atoms with Gasteiger partial charge in [-0.05, 0) is 42.3 Å². The molecule has 2 aromatic rings. The summed E-state index contributed by atoms with van der Waals surface area (Å²) in [5.74, 6) is 1.04. The van der Waals surface area contributed by atoms with Gasteiger partial charge in [0, 0.05) is 49.9 Å². The number of fused-ring (bicyclic) bond motifs is 1. The van der Waals surface area contributed by atoms with Gasteiger partial charge >= 0.3 is 0 Å². The highest BCUT2D eigenvalue weighted by atomic mass is 35.5. The van der Waals surface area contributed by atoms with Crippen LogP contribution in [-0.4, -0.2) is 54.5 Å². The fourth-order valence-corrected chi connectivity index (χ4v) is 4.07. The summed E-state index contributed by atoms with van der Waals surface area (Å²) in [6.07, 6.45) is 1.01. The second-order valence-corrected chi connectivity index (χ2v) is 7.96. The number of carbonyl (C=O) groups excluding carboxylic acids is 1. The maximum atomic E-state index is 12.6. The largest absolute Gasteiger partial charge is 0.493 e. The lowest BCUT2D eigenvalue weighted by atomic mass is 10.1. The van der Waals surface area contributed by atoms with E-state index in [0.29, 0.717) is 5.02 Å². The number of carbonyl (C=O) groups is 1. The van der Waals surface area contributed by atoms with E-state index in [9.17, 15) is 4.79 Å². The Bertz CT molecular complexity index is 849. The Labute approximate surface area is 171 Å². The molecule has 0 saturated carbocycles. The smallest absolute Gasteiger partial charge is 0.241 e. The minimum Gasteiger partial charge on any atom is -0.493 e. The van der Waals surface area contributed by atoms with Gasteiger partial charge in [-0.15, -0.1) is 0 Å². The Kier molecular flexibility index (Phi) is 5.85. The third-order valence-corrected chi connectivity index (χ3v) is 5.82. The molecule has 4 rings (SSSR count). The van der Waals surface area contributed by atoms with Crippen molar-refractivity contribution in [2.24, 2.45) is 0 Å². The van der Waals surface area contributed by atoms with Crippen molar-refractivity contribution in [3.05, 3.63) is 58.6 Å². The van der Waals surface area contributed by atoms with E-state index in [0.717, 1.165) is 57.2 Å². The Morgan fingerprint density at radius 2 is 2.00 bits per heavy atom. The molecule has 148 valence electrons. The summed E-state index contributed by atoms with van der Waals surface area (Å²) < 4.78 is 5.59. The van der Waals surface area contributed by atoms with Crippen LogP contribution in [0, 0.1) is 0 Å². The first-order chi connectivity index (χ1) is 13.6. The highest BCUT2D eigenvalue weighted by Gasteiger charge is 2.26. The molecule has 0 unspecified atom stereocenters. The molecule has 0 aromatic heterocycles. The van der Waals surface area contributed by atoms with Crippen molar-refractivity contribution in [2.75, 3.05) is 38.1 Å². The fraction of sp³-hybridized carbons (Fsp3) is 0.409. The molecule has 0 radical (unpaired) electrons. The van der Waals surface area contributed by atoms with E-state index >= 15 is 0 Å². The molecule has 2 heterocycles. The SMILES string of the molecule is C[C@H](C(=O)Nc1cccc(Cl)c1)N1CCN(Cc2ccc3c(c2)CCO3)CC1. The molecule has 0 bridgehead atoms. The van der Waals surface area contributed by atoms with Gasteiger partial charge in [0.2, 0.25) is 5.91 Å². The number of piperazine rings is 1. The van der Waals surface area contributed by atoms with Crippen LogP contribution in [0.15, 0.2) is 42.5 Å². The lowest BCUT2D eigenvalue weighted by Gasteiger charge is -2.37. The normalized spacial score (nSPS) is 18.4. The number of anilines is 1. The van der Waals surface area contributed by atoms with Gasteiger partial charge < -0.3 is 10.1 Å². The third-order valence-electron chi connectivity index (χ3n) is 5.59. The van der Waals surface area contributed by atoms with Gasteiger partial charge in [0.25, 0.3) is 0 Å². The molecule has 1 N–H and O–H groups in total. The van der Waals surface area contributed by atoms with E-state index in [2.05, 4.69) is 33.3 Å². The van der Waals surface area contributed by atoms with E-state index in [1.807, 2.05) is 19.1 Å². The Morgan fingerprint density at radius 3 is 2.79 bits per heavy atom. The molecule has 28 heavy (non-hydrogen) atoms. The van der Waals surface area contributed by atoms with Crippen LogP contribution < -0.4 is 10.1 Å². The van der Waals surface area contributed by atoms with Crippen molar-refractivity contribution in [1.82, 2.24) is 9.80 Å². The molecule has 1 atom stereocenters. The Balaban J connectivity index is 1.28. The van der Waals surface area contributed by atoms with Gasteiger partial charge in [0.1, 0.15) is 5.75 Å². The van der Waals surface area contributed by atoms with Crippen molar-refractivity contribution in [2.45, 2.75) is 25.9 Å². The molecule has 2 aliphatic rings. The molecule has 1 saturated heterocycles. The number of nitrogens with one attached hydrogen (secondary N) is 1. The van der Waals surface area contributed by atoms with Crippen LogP contribution >= 0.6 is 11.6 Å². The summed E-state index contributed by atoms with van der Waals surface area (Å²) in [5, 5.41) is 3.59. The van der Waals surface area contributed by atoms with Gasteiger partial charge in [-0.25, -0.2) is 0 Å². The summed E-state index contributed by atoms with van der Waals surface area (Å²) in [4.78, 5) is 17.3. The minimum atomic E-state index is -0.168. The molecule has 1 fully saturated rings. The van der Waals surface area contributed by atoms with Gasteiger partial charge in [0.15, 0.2) is 0 Å². The van der Waals surface area contributed by atoms with E-state index < -0.39 is 0 Å². The molecular formula is C22H26ClN3O2. The average molecular weight is 400 g/mol. The van der Waals surface area contributed by atoms with E-state index in [1.54, 1.807) is 12.1 Å². The van der Waals surface area contributed by atoms with Crippen LogP contribution in [0.3, 0.4) is 0 Å².